The number of fused-ring (bicyclic) bond motifs is 10. The Morgan fingerprint density at radius 1 is 0.515 bits per heavy atom. The molecule has 0 aromatic heterocycles. The van der Waals surface area contributed by atoms with Crippen molar-refractivity contribution in [3.63, 3.8) is 0 Å². The second-order valence-corrected chi connectivity index (χ2v) is 8.07. The number of hydrogen-bond acceptors (Lipinski definition) is 2. The first-order valence-electron chi connectivity index (χ1n) is 10.7. The summed E-state index contributed by atoms with van der Waals surface area (Å²) in [5, 5.41) is 0. The Bertz CT molecular complexity index is 1330. The van der Waals surface area contributed by atoms with Crippen LogP contribution in [-0.4, -0.2) is 11.4 Å². The van der Waals surface area contributed by atoms with Crippen molar-refractivity contribution in [2.45, 2.75) is 0 Å². The van der Waals surface area contributed by atoms with Crippen LogP contribution in [0.3, 0.4) is 0 Å². The SMILES string of the molecule is [Zr+2].[c-]1cccc2c1C1=Cc3ccccc3C1=N2.[c-]1cccc2c1C1=Cc3ccccc3C1=N2. The van der Waals surface area contributed by atoms with Crippen molar-refractivity contribution >= 4 is 46.1 Å². The van der Waals surface area contributed by atoms with Crippen molar-refractivity contribution in [2.24, 2.45) is 9.98 Å². The molecule has 4 aromatic carbocycles. The van der Waals surface area contributed by atoms with Gasteiger partial charge in [-0.3, -0.25) is 0 Å². The first-order chi connectivity index (χ1) is 15.9. The second-order valence-electron chi connectivity index (χ2n) is 8.07. The predicted molar refractivity (Wildman–Crippen MR) is 132 cm³/mol. The Kier molecular flexibility index (Phi) is 4.82. The zero-order chi connectivity index (χ0) is 21.1. The summed E-state index contributed by atoms with van der Waals surface area (Å²) >= 11 is 0. The van der Waals surface area contributed by atoms with Crippen molar-refractivity contribution in [3.05, 3.63) is 130 Å². The third kappa shape index (κ3) is 3.11. The fourth-order valence-corrected chi connectivity index (χ4v) is 4.75. The summed E-state index contributed by atoms with van der Waals surface area (Å²) in [7, 11) is 0. The topological polar surface area (TPSA) is 24.7 Å². The zero-order valence-corrected chi connectivity index (χ0v) is 20.1. The molecule has 0 saturated carbocycles. The van der Waals surface area contributed by atoms with Crippen LogP contribution in [0.2, 0.25) is 0 Å². The molecule has 4 aliphatic rings. The van der Waals surface area contributed by atoms with Crippen molar-refractivity contribution in [2.75, 3.05) is 0 Å². The number of allylic oxidation sites excluding steroid dienone is 2. The summed E-state index contributed by atoms with van der Waals surface area (Å²) in [5.41, 5.74) is 14.0. The largest absolute Gasteiger partial charge is 2.00 e. The molecule has 3 heteroatoms. The van der Waals surface area contributed by atoms with Crippen molar-refractivity contribution in [1.29, 1.82) is 0 Å². The van der Waals surface area contributed by atoms with E-state index >= 15 is 0 Å². The molecule has 2 nitrogen and oxygen atoms in total. The summed E-state index contributed by atoms with van der Waals surface area (Å²) in [5.74, 6) is 0. The summed E-state index contributed by atoms with van der Waals surface area (Å²) in [4.78, 5) is 9.34. The predicted octanol–water partition coefficient (Wildman–Crippen LogP) is 6.95. The first-order valence-corrected chi connectivity index (χ1v) is 10.7. The Balaban J connectivity index is 0.000000121. The molecule has 0 spiro atoms. The minimum Gasteiger partial charge on any atom is -0.306 e. The summed E-state index contributed by atoms with van der Waals surface area (Å²) < 4.78 is 0. The fourth-order valence-electron chi connectivity index (χ4n) is 4.75. The molecule has 0 atom stereocenters. The van der Waals surface area contributed by atoms with Gasteiger partial charge in [-0.25, -0.2) is 0 Å². The fraction of sp³-hybridized carbons (Fsp3) is 0. The number of aliphatic imine (C=N–C) groups is 2. The van der Waals surface area contributed by atoms with E-state index in [1.54, 1.807) is 0 Å². The van der Waals surface area contributed by atoms with Gasteiger partial charge in [0.2, 0.25) is 0 Å². The number of hydrogen-bond donors (Lipinski definition) is 0. The minimum absolute atomic E-state index is 0. The van der Waals surface area contributed by atoms with Gasteiger partial charge in [-0.1, -0.05) is 71.8 Å². The molecule has 2 heterocycles. The third-order valence-corrected chi connectivity index (χ3v) is 6.21. The van der Waals surface area contributed by atoms with E-state index in [4.69, 9.17) is 0 Å². The number of rotatable bonds is 0. The molecule has 0 N–H and O–H groups in total. The van der Waals surface area contributed by atoms with Gasteiger partial charge in [0.25, 0.3) is 0 Å². The zero-order valence-electron chi connectivity index (χ0n) is 17.6. The number of nitrogens with zero attached hydrogens (tertiary/aromatic N) is 2. The van der Waals surface area contributed by atoms with E-state index in [9.17, 15) is 0 Å². The molecule has 0 amide bonds. The molecule has 0 saturated heterocycles. The molecule has 2 aliphatic heterocycles. The van der Waals surface area contributed by atoms with E-state index < -0.39 is 0 Å². The molecular weight excluding hydrogens is 480 g/mol. The van der Waals surface area contributed by atoms with Gasteiger partial charge in [0.05, 0.1) is 0 Å². The normalized spacial score (nSPS) is 14.5. The molecule has 8 rings (SSSR count). The summed E-state index contributed by atoms with van der Waals surface area (Å²) in [6.45, 7) is 0. The van der Waals surface area contributed by atoms with E-state index in [2.05, 4.69) is 82.8 Å². The molecule has 0 bridgehead atoms. The van der Waals surface area contributed by atoms with Crippen molar-refractivity contribution in [1.82, 2.24) is 0 Å². The van der Waals surface area contributed by atoms with Gasteiger partial charge >= 0.3 is 26.2 Å². The second kappa shape index (κ2) is 7.87. The molecule has 0 radical (unpaired) electrons. The Hall–Kier alpha value is -3.42. The molecule has 4 aromatic rings. The number of benzene rings is 4. The molecule has 33 heavy (non-hydrogen) atoms. The molecule has 2 aliphatic carbocycles. The Morgan fingerprint density at radius 2 is 0.970 bits per heavy atom. The molecule has 150 valence electrons. The molecule has 0 fully saturated rings. The van der Waals surface area contributed by atoms with Gasteiger partial charge in [-0.15, -0.1) is 59.7 Å². The van der Waals surface area contributed by atoms with Crippen LogP contribution in [0.1, 0.15) is 33.4 Å². The maximum absolute atomic E-state index is 4.67. The van der Waals surface area contributed by atoms with Crippen molar-refractivity contribution < 1.29 is 26.2 Å². The summed E-state index contributed by atoms with van der Waals surface area (Å²) in [6, 6.07) is 35.2. The monoisotopic (exact) mass is 494 g/mol. The van der Waals surface area contributed by atoms with Crippen LogP contribution in [0.4, 0.5) is 11.4 Å². The Morgan fingerprint density at radius 3 is 1.45 bits per heavy atom. The van der Waals surface area contributed by atoms with E-state index in [-0.39, 0.29) is 26.2 Å². The summed E-state index contributed by atoms with van der Waals surface area (Å²) in [6.07, 6.45) is 4.41. The smallest absolute Gasteiger partial charge is 0.306 e. The van der Waals surface area contributed by atoms with Crippen LogP contribution in [-0.2, 0) is 26.2 Å². The minimum atomic E-state index is 0. The third-order valence-electron chi connectivity index (χ3n) is 6.21. The van der Waals surface area contributed by atoms with Crippen LogP contribution >= 0.6 is 0 Å². The molecule has 0 unspecified atom stereocenters. The van der Waals surface area contributed by atoms with E-state index in [1.165, 1.54) is 33.4 Å². The van der Waals surface area contributed by atoms with Gasteiger partial charge in [0, 0.05) is 11.4 Å². The molecular formula is C30H16N2Zr. The maximum atomic E-state index is 4.67. The maximum Gasteiger partial charge on any atom is 2.00 e. The average molecular weight is 496 g/mol. The van der Waals surface area contributed by atoms with Crippen LogP contribution in [0.25, 0.3) is 23.3 Å². The Labute approximate surface area is 211 Å². The van der Waals surface area contributed by atoms with Gasteiger partial charge in [0.15, 0.2) is 0 Å². The van der Waals surface area contributed by atoms with Crippen molar-refractivity contribution in [3.8, 4) is 0 Å². The van der Waals surface area contributed by atoms with Gasteiger partial charge in [-0.2, -0.15) is 0 Å². The first kappa shape index (κ1) is 20.2. The van der Waals surface area contributed by atoms with Gasteiger partial charge < -0.3 is 9.98 Å². The van der Waals surface area contributed by atoms with Crippen LogP contribution < -0.4 is 0 Å². The standard InChI is InChI=1S/2C15H8N.Zr/c2*1-2-6-11-10(5-1)9-13-12-7-3-4-8-14(12)16-15(11)13;/h2*1-6,8-9H;/q2*-1;+2. The van der Waals surface area contributed by atoms with Gasteiger partial charge in [0.1, 0.15) is 0 Å². The average Bonchev–Trinajstić information content (AvgIpc) is 3.57. The van der Waals surface area contributed by atoms with Crippen LogP contribution in [0.5, 0.6) is 0 Å². The van der Waals surface area contributed by atoms with E-state index in [0.717, 1.165) is 33.9 Å². The van der Waals surface area contributed by atoms with Crippen LogP contribution in [0, 0.1) is 12.1 Å². The van der Waals surface area contributed by atoms with Gasteiger partial charge in [-0.05, 0) is 33.6 Å². The van der Waals surface area contributed by atoms with E-state index in [0.29, 0.717) is 0 Å². The quantitative estimate of drug-likeness (QED) is 0.236. The van der Waals surface area contributed by atoms with E-state index in [1.807, 2.05) is 36.4 Å². The van der Waals surface area contributed by atoms with Crippen LogP contribution in [0.15, 0.2) is 94.9 Å².